The van der Waals surface area contributed by atoms with Crippen molar-refractivity contribution in [2.75, 3.05) is 11.9 Å². The molecular weight excluding hydrogens is 442 g/mol. The summed E-state index contributed by atoms with van der Waals surface area (Å²) in [6, 6.07) is 20.0. The molecular formula is C28H29N3O2S. The predicted molar refractivity (Wildman–Crippen MR) is 140 cm³/mol. The molecule has 2 aromatic carbocycles. The highest BCUT2D eigenvalue weighted by atomic mass is 32.2. The summed E-state index contributed by atoms with van der Waals surface area (Å²) in [7, 11) is 2.16. The number of carbonyl (C=O) groups excluding carboxylic acids is 1. The molecule has 0 bridgehead atoms. The van der Waals surface area contributed by atoms with Gasteiger partial charge in [-0.1, -0.05) is 31.2 Å². The average molecular weight is 472 g/mol. The van der Waals surface area contributed by atoms with E-state index in [9.17, 15) is 4.79 Å². The fraction of sp³-hybridized carbons (Fsp3) is 0.286. The van der Waals surface area contributed by atoms with Crippen LogP contribution in [0.5, 0.6) is 0 Å². The Bertz CT molecular complexity index is 1260. The van der Waals surface area contributed by atoms with E-state index < -0.39 is 0 Å². The van der Waals surface area contributed by atoms with Crippen LogP contribution in [-0.4, -0.2) is 28.6 Å². The smallest absolute Gasteiger partial charge is 0.267 e. The number of amides is 1. The first-order valence-electron chi connectivity index (χ1n) is 11.6. The van der Waals surface area contributed by atoms with Crippen LogP contribution >= 0.6 is 11.8 Å². The second-order valence-corrected chi connectivity index (χ2v) is 10.6. The molecule has 1 atom stereocenters. The van der Waals surface area contributed by atoms with Crippen molar-refractivity contribution in [2.24, 2.45) is 4.99 Å². The number of hydrogen-bond donors (Lipinski definition) is 0. The standard InChI is InChI=1S/C28H29N3O2S/c1-19-17-28(2,3)30(4)24-13-12-20(15-23(19)24)16-25-26(32)31(18-22-11-8-14-33-22)27(34-25)29-21-9-6-5-7-10-21/h5-16,19H,17-18H2,1-4H3/b25-16+,29-27?. The number of hydrogen-bond acceptors (Lipinski definition) is 5. The van der Waals surface area contributed by atoms with Crippen LogP contribution in [0.1, 0.15) is 50.0 Å². The number of anilines is 1. The molecule has 34 heavy (non-hydrogen) atoms. The molecule has 2 aliphatic rings. The van der Waals surface area contributed by atoms with Gasteiger partial charge in [-0.05, 0) is 91.5 Å². The lowest BCUT2D eigenvalue weighted by Crippen LogP contribution is -2.45. The Labute approximate surface area is 205 Å². The summed E-state index contributed by atoms with van der Waals surface area (Å²) >= 11 is 1.41. The number of benzene rings is 2. The summed E-state index contributed by atoms with van der Waals surface area (Å²) in [5.41, 5.74) is 4.57. The molecule has 5 rings (SSSR count). The van der Waals surface area contributed by atoms with E-state index in [0.29, 0.717) is 22.5 Å². The third kappa shape index (κ3) is 4.30. The first kappa shape index (κ1) is 22.5. The monoisotopic (exact) mass is 471 g/mol. The minimum atomic E-state index is -0.0555. The largest absolute Gasteiger partial charge is 0.467 e. The molecule has 1 unspecified atom stereocenters. The number of carbonyl (C=O) groups is 1. The molecule has 0 aliphatic carbocycles. The average Bonchev–Trinajstić information content (AvgIpc) is 3.43. The molecule has 0 N–H and O–H groups in total. The predicted octanol–water partition coefficient (Wildman–Crippen LogP) is 6.81. The zero-order chi connectivity index (χ0) is 23.9. The van der Waals surface area contributed by atoms with Gasteiger partial charge in [0.25, 0.3) is 5.91 Å². The summed E-state index contributed by atoms with van der Waals surface area (Å²) in [5, 5.41) is 0.659. The zero-order valence-corrected chi connectivity index (χ0v) is 20.8. The van der Waals surface area contributed by atoms with Crippen LogP contribution in [0.3, 0.4) is 0 Å². The van der Waals surface area contributed by atoms with E-state index in [-0.39, 0.29) is 11.4 Å². The molecule has 1 saturated heterocycles. The van der Waals surface area contributed by atoms with Crippen LogP contribution < -0.4 is 4.90 Å². The van der Waals surface area contributed by atoms with Crippen molar-refractivity contribution in [2.45, 2.75) is 45.2 Å². The Morgan fingerprint density at radius 3 is 2.68 bits per heavy atom. The van der Waals surface area contributed by atoms with E-state index in [1.165, 1.54) is 23.0 Å². The summed E-state index contributed by atoms with van der Waals surface area (Å²) in [4.78, 5) is 22.9. The SMILES string of the molecule is CC1CC(C)(C)N(C)c2ccc(/C=C3/SC(=Nc4ccccc4)N(Cc4ccco4)C3=O)cc21. The van der Waals surface area contributed by atoms with Gasteiger partial charge in [-0.15, -0.1) is 0 Å². The fourth-order valence-electron chi connectivity index (χ4n) is 4.74. The van der Waals surface area contributed by atoms with Crippen molar-refractivity contribution in [3.8, 4) is 0 Å². The molecule has 5 nitrogen and oxygen atoms in total. The molecule has 3 heterocycles. The third-order valence-electron chi connectivity index (χ3n) is 6.72. The number of nitrogens with zero attached hydrogens (tertiary/aromatic N) is 3. The highest BCUT2D eigenvalue weighted by Gasteiger charge is 2.36. The van der Waals surface area contributed by atoms with Crippen LogP contribution in [-0.2, 0) is 11.3 Å². The molecule has 174 valence electrons. The van der Waals surface area contributed by atoms with Crippen LogP contribution in [0.4, 0.5) is 11.4 Å². The highest BCUT2D eigenvalue weighted by molar-refractivity contribution is 8.18. The first-order valence-corrected chi connectivity index (χ1v) is 12.4. The van der Waals surface area contributed by atoms with Gasteiger partial charge in [-0.25, -0.2) is 4.99 Å². The van der Waals surface area contributed by atoms with Crippen LogP contribution in [0.25, 0.3) is 6.08 Å². The van der Waals surface area contributed by atoms with Crippen LogP contribution in [0.2, 0.25) is 0 Å². The molecule has 1 amide bonds. The van der Waals surface area contributed by atoms with Gasteiger partial charge in [0.2, 0.25) is 0 Å². The molecule has 0 saturated carbocycles. The number of thioether (sulfide) groups is 1. The van der Waals surface area contributed by atoms with Crippen molar-refractivity contribution in [3.63, 3.8) is 0 Å². The van der Waals surface area contributed by atoms with Gasteiger partial charge in [0.1, 0.15) is 5.76 Å². The fourth-order valence-corrected chi connectivity index (χ4v) is 5.74. The Morgan fingerprint density at radius 2 is 1.94 bits per heavy atom. The summed E-state index contributed by atoms with van der Waals surface area (Å²) in [6.07, 6.45) is 4.71. The third-order valence-corrected chi connectivity index (χ3v) is 7.73. The van der Waals surface area contributed by atoms with Gasteiger partial charge < -0.3 is 9.32 Å². The Balaban J connectivity index is 1.49. The van der Waals surface area contributed by atoms with E-state index in [0.717, 1.165) is 23.4 Å². The normalized spacial score (nSPS) is 22.0. The molecule has 6 heteroatoms. The van der Waals surface area contributed by atoms with Gasteiger partial charge in [-0.3, -0.25) is 9.69 Å². The summed E-state index contributed by atoms with van der Waals surface area (Å²) in [6.45, 7) is 7.22. The molecule has 3 aromatic rings. The van der Waals surface area contributed by atoms with E-state index in [1.54, 1.807) is 11.2 Å². The summed E-state index contributed by atoms with van der Waals surface area (Å²) < 4.78 is 5.51. The Morgan fingerprint density at radius 1 is 1.15 bits per heavy atom. The number of furan rings is 1. The topological polar surface area (TPSA) is 49.0 Å². The van der Waals surface area contributed by atoms with Gasteiger partial charge in [0, 0.05) is 18.3 Å². The minimum absolute atomic E-state index is 0.0555. The maximum Gasteiger partial charge on any atom is 0.267 e. The van der Waals surface area contributed by atoms with Crippen molar-refractivity contribution < 1.29 is 9.21 Å². The molecule has 2 aliphatic heterocycles. The van der Waals surface area contributed by atoms with Gasteiger partial charge in [0.15, 0.2) is 5.17 Å². The van der Waals surface area contributed by atoms with Gasteiger partial charge >= 0.3 is 0 Å². The maximum atomic E-state index is 13.4. The quantitative estimate of drug-likeness (QED) is 0.392. The lowest BCUT2D eigenvalue weighted by atomic mass is 9.80. The van der Waals surface area contributed by atoms with Crippen LogP contribution in [0.15, 0.2) is 81.2 Å². The molecule has 1 aromatic heterocycles. The highest BCUT2D eigenvalue weighted by Crippen LogP contribution is 2.43. The van der Waals surface area contributed by atoms with E-state index in [4.69, 9.17) is 9.41 Å². The number of aliphatic imine (C=N–C) groups is 1. The van der Waals surface area contributed by atoms with Gasteiger partial charge in [0.05, 0.1) is 23.4 Å². The van der Waals surface area contributed by atoms with Gasteiger partial charge in [-0.2, -0.15) is 0 Å². The second-order valence-electron chi connectivity index (χ2n) is 9.61. The lowest BCUT2D eigenvalue weighted by Gasteiger charge is -2.45. The second kappa shape index (κ2) is 8.84. The van der Waals surface area contributed by atoms with E-state index >= 15 is 0 Å². The number of rotatable bonds is 4. The molecule has 0 spiro atoms. The summed E-state index contributed by atoms with van der Waals surface area (Å²) in [5.74, 6) is 1.13. The lowest BCUT2D eigenvalue weighted by molar-refractivity contribution is -0.122. The van der Waals surface area contributed by atoms with Crippen LogP contribution in [0, 0.1) is 0 Å². The van der Waals surface area contributed by atoms with Crippen molar-refractivity contribution in [1.82, 2.24) is 4.90 Å². The Kier molecular flexibility index (Phi) is 5.86. The number of amidine groups is 1. The zero-order valence-electron chi connectivity index (χ0n) is 20.0. The van der Waals surface area contributed by atoms with Crippen molar-refractivity contribution in [3.05, 3.63) is 88.7 Å². The van der Waals surface area contributed by atoms with E-state index in [2.05, 4.69) is 50.9 Å². The van der Waals surface area contributed by atoms with Crippen molar-refractivity contribution in [1.29, 1.82) is 0 Å². The minimum Gasteiger partial charge on any atom is -0.467 e. The molecule has 0 radical (unpaired) electrons. The number of fused-ring (bicyclic) bond motifs is 1. The maximum absolute atomic E-state index is 13.4. The first-order chi connectivity index (χ1) is 16.3. The van der Waals surface area contributed by atoms with Crippen molar-refractivity contribution >= 4 is 40.3 Å². The Hall–Kier alpha value is -3.25. The van der Waals surface area contributed by atoms with E-state index in [1.807, 2.05) is 48.5 Å². The molecule has 1 fully saturated rings. The number of para-hydroxylation sites is 1.